The molecule has 3 aromatic rings. The van der Waals surface area contributed by atoms with Crippen LogP contribution in [-0.2, 0) is 9.53 Å². The van der Waals surface area contributed by atoms with E-state index in [0.29, 0.717) is 10.0 Å². The molecular weight excluding hydrogens is 445 g/mol. The fraction of sp³-hybridized carbons (Fsp3) is 0.125. The summed E-state index contributed by atoms with van der Waals surface area (Å²) in [5.41, 5.74) is 5.10. The van der Waals surface area contributed by atoms with Gasteiger partial charge in [0.15, 0.2) is 0 Å². The van der Waals surface area contributed by atoms with Crippen LogP contribution in [0.1, 0.15) is 27.4 Å². The molecule has 0 aromatic heterocycles. The third kappa shape index (κ3) is 4.20. The molecule has 0 radical (unpaired) electrons. The van der Waals surface area contributed by atoms with Crippen LogP contribution < -0.4 is 9.78 Å². The zero-order valence-corrected chi connectivity index (χ0v) is 17.8. The van der Waals surface area contributed by atoms with Gasteiger partial charge in [0, 0.05) is 0 Å². The molecule has 4 rings (SSSR count). The molecule has 0 saturated carbocycles. The number of benzene rings is 3. The number of rotatable bonds is 7. The molecule has 1 aliphatic rings. The van der Waals surface area contributed by atoms with E-state index in [1.165, 1.54) is 0 Å². The van der Waals surface area contributed by atoms with Gasteiger partial charge in [-0.2, -0.15) is 0 Å². The molecule has 3 aromatic carbocycles. The van der Waals surface area contributed by atoms with Crippen molar-refractivity contribution in [1.82, 2.24) is 5.32 Å². The molecule has 0 spiro atoms. The van der Waals surface area contributed by atoms with Gasteiger partial charge in [0.2, 0.25) is 0 Å². The Labute approximate surface area is 180 Å². The van der Waals surface area contributed by atoms with Gasteiger partial charge in [-0.05, 0) is 0 Å². The van der Waals surface area contributed by atoms with E-state index in [-0.39, 0.29) is 23.8 Å². The SMILES string of the molecule is O=Cc1ccccc1[Se]C(=O)CNC(=O)OCC1c2ccccc2-c2ccccc21. The van der Waals surface area contributed by atoms with Crippen molar-refractivity contribution < 1.29 is 19.1 Å². The Hall–Kier alpha value is -3.21. The molecule has 6 heteroatoms. The number of fused-ring (bicyclic) bond motifs is 3. The van der Waals surface area contributed by atoms with E-state index in [1.54, 1.807) is 24.3 Å². The summed E-state index contributed by atoms with van der Waals surface area (Å²) in [5, 5.41) is 2.53. The van der Waals surface area contributed by atoms with Crippen LogP contribution in [0.15, 0.2) is 72.8 Å². The van der Waals surface area contributed by atoms with Gasteiger partial charge in [0.05, 0.1) is 0 Å². The molecule has 5 nitrogen and oxygen atoms in total. The van der Waals surface area contributed by atoms with Gasteiger partial charge in [-0.25, -0.2) is 0 Å². The van der Waals surface area contributed by atoms with Crippen LogP contribution >= 0.6 is 0 Å². The Kier molecular flexibility index (Phi) is 6.07. The van der Waals surface area contributed by atoms with Crippen LogP contribution in [-0.4, -0.2) is 45.2 Å². The summed E-state index contributed by atoms with van der Waals surface area (Å²) in [5.74, 6) is -0.0254. The average Bonchev–Trinajstić information content (AvgIpc) is 3.10. The van der Waals surface area contributed by atoms with Gasteiger partial charge in [-0.1, -0.05) is 0 Å². The predicted octanol–water partition coefficient (Wildman–Crippen LogP) is 2.89. The Bertz CT molecular complexity index is 1070. The normalized spacial score (nSPS) is 12.0. The number of amides is 1. The van der Waals surface area contributed by atoms with E-state index < -0.39 is 21.1 Å². The quantitative estimate of drug-likeness (QED) is 0.431. The van der Waals surface area contributed by atoms with E-state index in [4.69, 9.17) is 4.74 Å². The van der Waals surface area contributed by atoms with Gasteiger partial charge >= 0.3 is 181 Å². The number of hydrogen-bond donors (Lipinski definition) is 1. The van der Waals surface area contributed by atoms with E-state index in [9.17, 15) is 14.4 Å². The second-order valence-corrected chi connectivity index (χ2v) is 9.12. The Balaban J connectivity index is 1.33. The molecule has 0 atom stereocenters. The first-order valence-electron chi connectivity index (χ1n) is 9.51. The van der Waals surface area contributed by atoms with Crippen LogP contribution in [0.25, 0.3) is 11.1 Å². The van der Waals surface area contributed by atoms with Crippen molar-refractivity contribution in [1.29, 1.82) is 0 Å². The molecule has 1 aliphatic carbocycles. The molecule has 30 heavy (non-hydrogen) atoms. The monoisotopic (exact) mass is 465 g/mol. The molecule has 0 unspecified atom stereocenters. The van der Waals surface area contributed by atoms with Crippen molar-refractivity contribution >= 4 is 36.5 Å². The molecule has 1 amide bonds. The number of nitrogens with one attached hydrogen (secondary N) is 1. The zero-order chi connectivity index (χ0) is 20.9. The number of ether oxygens (including phenoxy) is 1. The molecule has 0 aliphatic heterocycles. The third-order valence-corrected chi connectivity index (χ3v) is 7.01. The van der Waals surface area contributed by atoms with E-state index in [0.717, 1.165) is 28.5 Å². The fourth-order valence-electron chi connectivity index (χ4n) is 3.62. The van der Waals surface area contributed by atoms with Crippen LogP contribution in [0.4, 0.5) is 4.79 Å². The van der Waals surface area contributed by atoms with E-state index >= 15 is 0 Å². The van der Waals surface area contributed by atoms with Crippen molar-refractivity contribution in [2.75, 3.05) is 13.2 Å². The molecule has 150 valence electrons. The van der Waals surface area contributed by atoms with Gasteiger partial charge in [-0.3, -0.25) is 0 Å². The maximum absolute atomic E-state index is 12.2. The van der Waals surface area contributed by atoms with E-state index in [1.807, 2.05) is 24.3 Å². The summed E-state index contributed by atoms with van der Waals surface area (Å²) >= 11 is -0.548. The molecule has 0 fully saturated rings. The Morgan fingerprint density at radius 1 is 0.900 bits per heavy atom. The van der Waals surface area contributed by atoms with Crippen molar-refractivity contribution in [2.24, 2.45) is 0 Å². The van der Waals surface area contributed by atoms with Gasteiger partial charge < -0.3 is 0 Å². The van der Waals surface area contributed by atoms with Gasteiger partial charge in [0.1, 0.15) is 0 Å². The first-order chi connectivity index (χ1) is 14.7. The van der Waals surface area contributed by atoms with Crippen LogP contribution in [0.3, 0.4) is 0 Å². The standard InChI is InChI=1S/C24H19NO4Se/c26-14-16-7-1-6-12-22(16)30-23(27)13-25-24(28)29-15-21-19-10-4-2-8-17(19)18-9-3-5-11-20(18)21/h1-12,14,21H,13,15H2,(H,25,28). The third-order valence-electron chi connectivity index (χ3n) is 4.99. The topological polar surface area (TPSA) is 72.5 Å². The number of carbonyl (C=O) groups excluding carboxylic acids is 3. The van der Waals surface area contributed by atoms with Crippen LogP contribution in [0.2, 0.25) is 0 Å². The summed E-state index contributed by atoms with van der Waals surface area (Å²) < 4.78 is 6.01. The Morgan fingerprint density at radius 2 is 1.50 bits per heavy atom. The van der Waals surface area contributed by atoms with Crippen molar-refractivity contribution in [3.8, 4) is 11.1 Å². The van der Waals surface area contributed by atoms with Crippen molar-refractivity contribution in [2.45, 2.75) is 5.92 Å². The molecule has 0 saturated heterocycles. The zero-order valence-electron chi connectivity index (χ0n) is 16.0. The molecule has 1 N–H and O–H groups in total. The summed E-state index contributed by atoms with van der Waals surface area (Å²) in [4.78, 5) is 35.5. The van der Waals surface area contributed by atoms with Crippen LogP contribution in [0, 0.1) is 0 Å². The summed E-state index contributed by atoms with van der Waals surface area (Å²) in [6.45, 7) is 0.0804. The predicted molar refractivity (Wildman–Crippen MR) is 115 cm³/mol. The molecular formula is C24H19NO4Se. The van der Waals surface area contributed by atoms with Crippen molar-refractivity contribution in [3.05, 3.63) is 89.5 Å². The molecule has 0 heterocycles. The summed E-state index contributed by atoms with van der Waals surface area (Å²) in [6.07, 6.45) is 0.119. The average molecular weight is 464 g/mol. The fourth-order valence-corrected chi connectivity index (χ4v) is 5.24. The summed E-state index contributed by atoms with van der Waals surface area (Å²) in [6, 6.07) is 23.2. The molecule has 0 bridgehead atoms. The Morgan fingerprint density at radius 3 is 2.17 bits per heavy atom. The second-order valence-electron chi connectivity index (χ2n) is 6.81. The van der Waals surface area contributed by atoms with Gasteiger partial charge in [0.25, 0.3) is 0 Å². The number of carbonyl (C=O) groups is 3. The van der Waals surface area contributed by atoms with Gasteiger partial charge in [-0.15, -0.1) is 0 Å². The first kappa shape index (κ1) is 20.1. The minimum absolute atomic E-state index is 0.0254. The number of aldehydes is 1. The van der Waals surface area contributed by atoms with Crippen molar-refractivity contribution in [3.63, 3.8) is 0 Å². The minimum atomic E-state index is -0.621. The van der Waals surface area contributed by atoms with E-state index in [2.05, 4.69) is 29.6 Å². The number of alkyl carbamates (subject to hydrolysis) is 1. The number of hydrogen-bond acceptors (Lipinski definition) is 4. The maximum atomic E-state index is 12.2. The summed E-state index contributed by atoms with van der Waals surface area (Å²) in [7, 11) is 0. The van der Waals surface area contributed by atoms with Crippen LogP contribution in [0.5, 0.6) is 0 Å². The first-order valence-corrected chi connectivity index (χ1v) is 11.2. The second kappa shape index (κ2) is 9.07.